The number of nitrogens with one attached hydrogen (secondary N) is 2. The second-order valence-electron chi connectivity index (χ2n) is 5.11. The summed E-state index contributed by atoms with van der Waals surface area (Å²) in [7, 11) is -3.09. The van der Waals surface area contributed by atoms with Crippen molar-refractivity contribution in [2.45, 2.75) is 26.2 Å². The van der Waals surface area contributed by atoms with Gasteiger partial charge >= 0.3 is 0 Å². The van der Waals surface area contributed by atoms with E-state index in [9.17, 15) is 13.2 Å². The Labute approximate surface area is 116 Å². The molecule has 1 fully saturated rings. The molecule has 1 unspecified atom stereocenters. The van der Waals surface area contributed by atoms with Crippen LogP contribution in [0, 0.1) is 5.92 Å². The van der Waals surface area contributed by atoms with E-state index in [0.717, 1.165) is 19.3 Å². The van der Waals surface area contributed by atoms with Gasteiger partial charge in [-0.2, -0.15) is 0 Å². The van der Waals surface area contributed by atoms with Crippen LogP contribution in [0.4, 0.5) is 0 Å². The van der Waals surface area contributed by atoms with E-state index in [0.29, 0.717) is 38.6 Å². The van der Waals surface area contributed by atoms with E-state index in [2.05, 4.69) is 10.6 Å². The van der Waals surface area contributed by atoms with Gasteiger partial charge in [-0.25, -0.2) is 12.7 Å². The van der Waals surface area contributed by atoms with Gasteiger partial charge in [0.25, 0.3) is 0 Å². The molecule has 6 nitrogen and oxygen atoms in total. The summed E-state index contributed by atoms with van der Waals surface area (Å²) in [5.41, 5.74) is 0. The Morgan fingerprint density at radius 3 is 2.79 bits per heavy atom. The number of carbonyl (C=O) groups excluding carboxylic acids is 1. The maximum atomic E-state index is 11.5. The first-order valence-electron chi connectivity index (χ1n) is 6.86. The zero-order valence-electron chi connectivity index (χ0n) is 11.8. The van der Waals surface area contributed by atoms with Gasteiger partial charge in [0.1, 0.15) is 0 Å². The van der Waals surface area contributed by atoms with Crippen LogP contribution in [0.5, 0.6) is 0 Å². The highest BCUT2D eigenvalue weighted by Crippen LogP contribution is 2.17. The lowest BCUT2D eigenvalue weighted by Gasteiger charge is -2.31. The molecule has 0 aromatic carbocycles. The van der Waals surface area contributed by atoms with Gasteiger partial charge in [0.2, 0.25) is 15.9 Å². The maximum absolute atomic E-state index is 11.5. The van der Waals surface area contributed by atoms with Crippen LogP contribution in [-0.4, -0.2) is 57.6 Å². The molecule has 1 aliphatic heterocycles. The average Bonchev–Trinajstić information content (AvgIpc) is 2.36. The summed E-state index contributed by atoms with van der Waals surface area (Å²) in [5, 5.41) is 5.90. The standard InChI is InChI=1S/C12H25N3O3S/c1-3-6-14-12(16)9-13-8-11-5-4-7-15(10-11)19(2,17)18/h11,13H,3-10H2,1-2H3,(H,14,16). The fraction of sp³-hybridized carbons (Fsp3) is 0.917. The number of hydrogen-bond donors (Lipinski definition) is 2. The predicted molar refractivity (Wildman–Crippen MR) is 75.3 cm³/mol. The van der Waals surface area contributed by atoms with Gasteiger partial charge in [0.05, 0.1) is 12.8 Å². The lowest BCUT2D eigenvalue weighted by Crippen LogP contribution is -2.43. The van der Waals surface area contributed by atoms with Crippen LogP contribution in [0.2, 0.25) is 0 Å². The summed E-state index contributed by atoms with van der Waals surface area (Å²) in [6.07, 6.45) is 4.08. The zero-order valence-corrected chi connectivity index (χ0v) is 12.6. The number of carbonyl (C=O) groups is 1. The Kier molecular flexibility index (Phi) is 6.74. The molecule has 0 radical (unpaired) electrons. The topological polar surface area (TPSA) is 78.5 Å². The van der Waals surface area contributed by atoms with Crippen molar-refractivity contribution in [3.8, 4) is 0 Å². The van der Waals surface area contributed by atoms with Crippen molar-refractivity contribution in [2.24, 2.45) is 5.92 Å². The zero-order chi connectivity index (χ0) is 14.3. The number of hydrogen-bond acceptors (Lipinski definition) is 4. The predicted octanol–water partition coefficient (Wildman–Crippen LogP) is -0.226. The highest BCUT2D eigenvalue weighted by molar-refractivity contribution is 7.88. The summed E-state index contributed by atoms with van der Waals surface area (Å²) in [5.74, 6) is 0.292. The number of rotatable bonds is 7. The Hall–Kier alpha value is -0.660. The molecule has 0 bridgehead atoms. The average molecular weight is 291 g/mol. The number of amides is 1. The van der Waals surface area contributed by atoms with Gasteiger partial charge < -0.3 is 10.6 Å². The van der Waals surface area contributed by atoms with Gasteiger partial charge in [-0.15, -0.1) is 0 Å². The molecule has 1 amide bonds. The highest BCUT2D eigenvalue weighted by Gasteiger charge is 2.25. The molecule has 0 spiro atoms. The summed E-state index contributed by atoms with van der Waals surface area (Å²) >= 11 is 0. The Morgan fingerprint density at radius 1 is 1.42 bits per heavy atom. The lowest BCUT2D eigenvalue weighted by atomic mass is 10.00. The van der Waals surface area contributed by atoms with E-state index >= 15 is 0 Å². The van der Waals surface area contributed by atoms with Crippen molar-refractivity contribution in [2.75, 3.05) is 39.0 Å². The Morgan fingerprint density at radius 2 is 2.16 bits per heavy atom. The minimum atomic E-state index is -3.09. The fourth-order valence-corrected chi connectivity index (χ4v) is 3.15. The molecule has 0 aromatic heterocycles. The Balaban J connectivity index is 2.24. The highest BCUT2D eigenvalue weighted by atomic mass is 32.2. The summed E-state index contributed by atoms with van der Waals surface area (Å²) in [6, 6.07) is 0. The number of sulfonamides is 1. The molecule has 1 saturated heterocycles. The molecular weight excluding hydrogens is 266 g/mol. The van der Waals surface area contributed by atoms with Crippen LogP contribution in [0.1, 0.15) is 26.2 Å². The molecule has 7 heteroatoms. The largest absolute Gasteiger partial charge is 0.355 e. The summed E-state index contributed by atoms with van der Waals surface area (Å²) in [4.78, 5) is 11.4. The van der Waals surface area contributed by atoms with Crippen LogP contribution >= 0.6 is 0 Å². The van der Waals surface area contributed by atoms with Crippen LogP contribution < -0.4 is 10.6 Å². The van der Waals surface area contributed by atoms with Crippen LogP contribution in [0.25, 0.3) is 0 Å². The van der Waals surface area contributed by atoms with Crippen molar-refractivity contribution in [3.05, 3.63) is 0 Å². The van der Waals surface area contributed by atoms with E-state index in [-0.39, 0.29) is 5.91 Å². The van der Waals surface area contributed by atoms with Crippen molar-refractivity contribution in [1.29, 1.82) is 0 Å². The molecule has 0 saturated carbocycles. The first-order valence-corrected chi connectivity index (χ1v) is 8.71. The van der Waals surface area contributed by atoms with E-state index in [1.807, 2.05) is 6.92 Å². The van der Waals surface area contributed by atoms with Gasteiger partial charge in [-0.1, -0.05) is 6.92 Å². The fourth-order valence-electron chi connectivity index (χ4n) is 2.21. The van der Waals surface area contributed by atoms with Gasteiger partial charge in [-0.05, 0) is 31.7 Å². The third-order valence-corrected chi connectivity index (χ3v) is 4.51. The van der Waals surface area contributed by atoms with E-state index in [1.165, 1.54) is 10.6 Å². The summed E-state index contributed by atoms with van der Waals surface area (Å²) in [6.45, 7) is 4.87. The normalized spacial score (nSPS) is 21.3. The minimum Gasteiger partial charge on any atom is -0.355 e. The lowest BCUT2D eigenvalue weighted by molar-refractivity contribution is -0.120. The molecule has 1 rings (SSSR count). The van der Waals surface area contributed by atoms with Crippen molar-refractivity contribution >= 4 is 15.9 Å². The van der Waals surface area contributed by atoms with Gasteiger partial charge in [0.15, 0.2) is 0 Å². The molecule has 0 aliphatic carbocycles. The summed E-state index contributed by atoms with van der Waals surface area (Å²) < 4.78 is 24.5. The molecule has 2 N–H and O–H groups in total. The first-order chi connectivity index (χ1) is 8.93. The number of nitrogens with zero attached hydrogens (tertiary/aromatic N) is 1. The molecule has 1 aliphatic rings. The molecular formula is C12H25N3O3S. The molecule has 1 atom stereocenters. The third-order valence-electron chi connectivity index (χ3n) is 3.24. The quantitative estimate of drug-likeness (QED) is 0.679. The van der Waals surface area contributed by atoms with Crippen LogP contribution in [0.3, 0.4) is 0 Å². The minimum absolute atomic E-state index is 0.00220. The first kappa shape index (κ1) is 16.4. The molecule has 19 heavy (non-hydrogen) atoms. The van der Waals surface area contributed by atoms with Crippen LogP contribution in [0.15, 0.2) is 0 Å². The van der Waals surface area contributed by atoms with Crippen LogP contribution in [-0.2, 0) is 14.8 Å². The molecule has 1 heterocycles. The van der Waals surface area contributed by atoms with Crippen molar-refractivity contribution in [3.63, 3.8) is 0 Å². The maximum Gasteiger partial charge on any atom is 0.233 e. The van der Waals surface area contributed by atoms with Crippen molar-refractivity contribution in [1.82, 2.24) is 14.9 Å². The van der Waals surface area contributed by atoms with E-state index in [1.54, 1.807) is 0 Å². The second kappa shape index (κ2) is 7.81. The Bertz CT molecular complexity index is 384. The monoisotopic (exact) mass is 291 g/mol. The van der Waals surface area contributed by atoms with Gasteiger partial charge in [0, 0.05) is 19.6 Å². The molecule has 112 valence electrons. The van der Waals surface area contributed by atoms with E-state index < -0.39 is 10.0 Å². The second-order valence-corrected chi connectivity index (χ2v) is 7.09. The van der Waals surface area contributed by atoms with E-state index in [4.69, 9.17) is 0 Å². The SMILES string of the molecule is CCCNC(=O)CNCC1CCCN(S(C)(=O)=O)C1. The van der Waals surface area contributed by atoms with Crippen molar-refractivity contribution < 1.29 is 13.2 Å². The smallest absolute Gasteiger partial charge is 0.233 e. The third kappa shape index (κ3) is 6.35. The molecule has 0 aromatic rings. The van der Waals surface area contributed by atoms with Gasteiger partial charge in [-0.3, -0.25) is 4.79 Å². The number of piperidine rings is 1.